The highest BCUT2D eigenvalue weighted by Gasteiger charge is 2.35. The number of hydrogen-bond donors (Lipinski definition) is 1. The number of rotatable bonds is 8. The van der Waals surface area contributed by atoms with Gasteiger partial charge in [0.05, 0.1) is 25.2 Å². The maximum Gasteiger partial charge on any atom is 0.214 e. The molecule has 29 heavy (non-hydrogen) atoms. The number of methoxy groups -OCH3 is 2. The second-order valence-electron chi connectivity index (χ2n) is 6.87. The largest absolute Gasteiger partial charge is 0.493 e. The first-order valence-electron chi connectivity index (χ1n) is 9.26. The number of benzene rings is 2. The molecule has 8 heteroatoms. The minimum atomic E-state index is -3.17. The van der Waals surface area contributed by atoms with Crippen LogP contribution in [0.4, 0.5) is 0 Å². The molecule has 1 saturated carbocycles. The van der Waals surface area contributed by atoms with E-state index < -0.39 is 10.0 Å². The van der Waals surface area contributed by atoms with Crippen LogP contribution >= 0.6 is 11.3 Å². The molecule has 152 valence electrons. The lowest BCUT2D eigenvalue weighted by molar-refractivity contribution is 0.355. The molecule has 1 aromatic heterocycles. The normalized spacial score (nSPS) is 14.0. The van der Waals surface area contributed by atoms with Crippen LogP contribution in [0.25, 0.3) is 21.8 Å². The molecular formula is C21H22N2O4S2. The van der Waals surface area contributed by atoms with Gasteiger partial charge in [0.15, 0.2) is 11.5 Å². The van der Waals surface area contributed by atoms with Crippen molar-refractivity contribution in [1.82, 2.24) is 9.71 Å². The van der Waals surface area contributed by atoms with Crippen LogP contribution in [0.15, 0.2) is 47.8 Å². The minimum absolute atomic E-state index is 0.202. The van der Waals surface area contributed by atoms with E-state index in [1.54, 1.807) is 25.6 Å². The quantitative estimate of drug-likeness (QED) is 0.583. The molecule has 0 saturated heterocycles. The second kappa shape index (κ2) is 8.14. The molecule has 1 N–H and O–H groups in total. The predicted octanol–water partition coefficient (Wildman–Crippen LogP) is 4.08. The van der Waals surface area contributed by atoms with E-state index in [1.807, 2.05) is 47.8 Å². The van der Waals surface area contributed by atoms with Crippen molar-refractivity contribution in [3.8, 4) is 33.3 Å². The third-order valence-electron chi connectivity index (χ3n) is 4.83. The lowest BCUT2D eigenvalue weighted by Gasteiger charge is -2.08. The van der Waals surface area contributed by atoms with E-state index in [0.29, 0.717) is 18.0 Å². The highest BCUT2D eigenvalue weighted by Crippen LogP contribution is 2.34. The molecular weight excluding hydrogens is 408 g/mol. The van der Waals surface area contributed by atoms with Crippen LogP contribution < -0.4 is 14.2 Å². The van der Waals surface area contributed by atoms with Gasteiger partial charge in [0, 0.05) is 23.1 Å². The SMILES string of the molecule is COc1ccc(-c2csc(-c3ccc(CNS(=O)(=O)C4CC4)cc3)n2)cc1OC. The number of nitrogens with zero attached hydrogens (tertiary/aromatic N) is 1. The molecule has 0 spiro atoms. The molecule has 0 amide bonds. The molecule has 1 heterocycles. The van der Waals surface area contributed by atoms with E-state index in [0.717, 1.165) is 40.2 Å². The summed E-state index contributed by atoms with van der Waals surface area (Å²) in [6.45, 7) is 0.313. The molecule has 1 aliphatic carbocycles. The fraction of sp³-hybridized carbons (Fsp3) is 0.286. The second-order valence-corrected chi connectivity index (χ2v) is 9.77. The Balaban J connectivity index is 1.48. The Morgan fingerprint density at radius 3 is 2.38 bits per heavy atom. The first-order chi connectivity index (χ1) is 14.0. The van der Waals surface area contributed by atoms with Gasteiger partial charge in [-0.25, -0.2) is 18.1 Å². The Labute approximate surface area is 174 Å². The number of hydrogen-bond acceptors (Lipinski definition) is 6. The third kappa shape index (κ3) is 4.44. The van der Waals surface area contributed by atoms with Gasteiger partial charge in [-0.3, -0.25) is 0 Å². The zero-order valence-electron chi connectivity index (χ0n) is 16.2. The molecule has 0 unspecified atom stereocenters. The number of nitrogens with one attached hydrogen (secondary N) is 1. The van der Waals surface area contributed by atoms with Crippen molar-refractivity contribution in [1.29, 1.82) is 0 Å². The topological polar surface area (TPSA) is 77.5 Å². The van der Waals surface area contributed by atoms with E-state index in [-0.39, 0.29) is 5.25 Å². The van der Waals surface area contributed by atoms with Crippen molar-refractivity contribution in [3.05, 3.63) is 53.4 Å². The van der Waals surface area contributed by atoms with E-state index in [1.165, 1.54) is 0 Å². The Morgan fingerprint density at radius 1 is 1.03 bits per heavy atom. The monoisotopic (exact) mass is 430 g/mol. The standard InChI is InChI=1S/C21H22N2O4S2/c1-26-19-10-7-16(11-20(19)27-2)18-13-28-21(23-18)15-5-3-14(4-6-15)12-22-29(24,25)17-8-9-17/h3-7,10-11,13,17,22H,8-9,12H2,1-2H3. The Hall–Kier alpha value is -2.42. The Kier molecular flexibility index (Phi) is 5.58. The molecule has 0 radical (unpaired) electrons. The minimum Gasteiger partial charge on any atom is -0.493 e. The number of ether oxygens (including phenoxy) is 2. The molecule has 1 aliphatic rings. The van der Waals surface area contributed by atoms with Crippen LogP contribution in [-0.4, -0.2) is 32.9 Å². The molecule has 0 atom stereocenters. The molecule has 1 fully saturated rings. The smallest absolute Gasteiger partial charge is 0.214 e. The third-order valence-corrected chi connectivity index (χ3v) is 7.61. The maximum atomic E-state index is 11.9. The summed E-state index contributed by atoms with van der Waals surface area (Å²) in [5.74, 6) is 1.34. The summed E-state index contributed by atoms with van der Waals surface area (Å²) in [7, 11) is 0.0565. The summed E-state index contributed by atoms with van der Waals surface area (Å²) < 4.78 is 37.2. The zero-order valence-corrected chi connectivity index (χ0v) is 17.8. The summed E-state index contributed by atoms with van der Waals surface area (Å²) >= 11 is 1.56. The lowest BCUT2D eigenvalue weighted by Crippen LogP contribution is -2.26. The van der Waals surface area contributed by atoms with Crippen molar-refractivity contribution < 1.29 is 17.9 Å². The van der Waals surface area contributed by atoms with Gasteiger partial charge >= 0.3 is 0 Å². The molecule has 4 rings (SSSR count). The highest BCUT2D eigenvalue weighted by molar-refractivity contribution is 7.90. The number of sulfonamides is 1. The summed E-state index contributed by atoms with van der Waals surface area (Å²) in [4.78, 5) is 4.74. The first-order valence-corrected chi connectivity index (χ1v) is 11.7. The van der Waals surface area contributed by atoms with Crippen molar-refractivity contribution in [2.75, 3.05) is 14.2 Å². The van der Waals surface area contributed by atoms with Crippen molar-refractivity contribution in [3.63, 3.8) is 0 Å². The van der Waals surface area contributed by atoms with Crippen LogP contribution in [0.3, 0.4) is 0 Å². The summed E-state index contributed by atoms with van der Waals surface area (Å²) in [6.07, 6.45) is 1.53. The first kappa shape index (κ1) is 19.9. The fourth-order valence-corrected chi connectivity index (χ4v) is 5.18. The van der Waals surface area contributed by atoms with Crippen LogP contribution in [0.5, 0.6) is 11.5 Å². The molecule has 0 bridgehead atoms. The van der Waals surface area contributed by atoms with Gasteiger partial charge in [-0.15, -0.1) is 11.3 Å². The summed E-state index contributed by atoms with van der Waals surface area (Å²) in [6, 6.07) is 13.5. The molecule has 0 aliphatic heterocycles. The van der Waals surface area contributed by atoms with E-state index in [2.05, 4.69) is 4.72 Å². The molecule has 2 aromatic carbocycles. The number of thiazole rings is 1. The summed E-state index contributed by atoms with van der Waals surface area (Å²) in [5.41, 5.74) is 3.74. The molecule has 6 nitrogen and oxygen atoms in total. The Morgan fingerprint density at radius 2 is 1.72 bits per heavy atom. The average molecular weight is 431 g/mol. The van der Waals surface area contributed by atoms with Gasteiger partial charge in [-0.2, -0.15) is 0 Å². The van der Waals surface area contributed by atoms with E-state index in [9.17, 15) is 8.42 Å². The van der Waals surface area contributed by atoms with Crippen LogP contribution in [0.1, 0.15) is 18.4 Å². The van der Waals surface area contributed by atoms with Crippen LogP contribution in [-0.2, 0) is 16.6 Å². The van der Waals surface area contributed by atoms with Gasteiger partial charge in [0.1, 0.15) is 5.01 Å². The summed E-state index contributed by atoms with van der Waals surface area (Å²) in [5, 5.41) is 2.71. The van der Waals surface area contributed by atoms with E-state index >= 15 is 0 Å². The van der Waals surface area contributed by atoms with E-state index in [4.69, 9.17) is 14.5 Å². The van der Waals surface area contributed by atoms with Gasteiger partial charge in [-0.1, -0.05) is 24.3 Å². The van der Waals surface area contributed by atoms with Gasteiger partial charge in [0.2, 0.25) is 10.0 Å². The van der Waals surface area contributed by atoms with Crippen LogP contribution in [0, 0.1) is 0 Å². The van der Waals surface area contributed by atoms with Gasteiger partial charge < -0.3 is 9.47 Å². The number of aromatic nitrogens is 1. The highest BCUT2D eigenvalue weighted by atomic mass is 32.2. The lowest BCUT2D eigenvalue weighted by atomic mass is 10.1. The molecule has 3 aromatic rings. The predicted molar refractivity (Wildman–Crippen MR) is 115 cm³/mol. The average Bonchev–Trinajstić information content (AvgIpc) is 3.50. The van der Waals surface area contributed by atoms with Gasteiger partial charge in [-0.05, 0) is 36.6 Å². The Bertz CT molecular complexity index is 1100. The van der Waals surface area contributed by atoms with Crippen LogP contribution in [0.2, 0.25) is 0 Å². The van der Waals surface area contributed by atoms with Crippen molar-refractivity contribution in [2.24, 2.45) is 0 Å². The fourth-order valence-electron chi connectivity index (χ4n) is 2.98. The zero-order chi connectivity index (χ0) is 20.4. The van der Waals surface area contributed by atoms with Gasteiger partial charge in [0.25, 0.3) is 0 Å². The van der Waals surface area contributed by atoms with Crippen molar-refractivity contribution in [2.45, 2.75) is 24.6 Å². The van der Waals surface area contributed by atoms with Crippen molar-refractivity contribution >= 4 is 21.4 Å². The maximum absolute atomic E-state index is 11.9.